The molecule has 0 radical (unpaired) electrons. The largest absolute Gasteiger partial charge is 0.328 e. The van der Waals surface area contributed by atoms with Gasteiger partial charge in [-0.1, -0.05) is 51.4 Å². The van der Waals surface area contributed by atoms with Crippen molar-refractivity contribution < 1.29 is 0 Å². The first-order valence-corrected chi connectivity index (χ1v) is 6.04. The standard InChI is InChI=1S/C12H25N/c1-11(13)7-5-6-10-12-8-3-2-4-9-12/h11-12H,2-10,13H2,1H3. The van der Waals surface area contributed by atoms with Crippen LogP contribution in [0.2, 0.25) is 0 Å². The first-order chi connectivity index (χ1) is 6.29. The first kappa shape index (κ1) is 11.0. The smallest absolute Gasteiger partial charge is 0.00104 e. The minimum Gasteiger partial charge on any atom is -0.328 e. The van der Waals surface area contributed by atoms with Gasteiger partial charge in [0.05, 0.1) is 0 Å². The molecule has 0 bridgehead atoms. The normalized spacial score (nSPS) is 21.7. The molecule has 0 aromatic carbocycles. The molecule has 0 saturated heterocycles. The maximum Gasteiger partial charge on any atom is 0.00104 e. The van der Waals surface area contributed by atoms with Gasteiger partial charge in [-0.05, 0) is 19.3 Å². The minimum absolute atomic E-state index is 0.409. The van der Waals surface area contributed by atoms with Crippen LogP contribution in [0, 0.1) is 5.92 Å². The van der Waals surface area contributed by atoms with Crippen LogP contribution in [0.4, 0.5) is 0 Å². The number of nitrogens with two attached hydrogens (primary N) is 1. The molecule has 2 N–H and O–H groups in total. The van der Waals surface area contributed by atoms with Crippen LogP contribution >= 0.6 is 0 Å². The molecule has 1 saturated carbocycles. The molecule has 0 spiro atoms. The maximum absolute atomic E-state index is 5.71. The van der Waals surface area contributed by atoms with Crippen molar-refractivity contribution in [3.63, 3.8) is 0 Å². The van der Waals surface area contributed by atoms with Gasteiger partial charge in [0.2, 0.25) is 0 Å². The molecule has 78 valence electrons. The van der Waals surface area contributed by atoms with Crippen molar-refractivity contribution in [2.75, 3.05) is 0 Å². The van der Waals surface area contributed by atoms with E-state index in [-0.39, 0.29) is 0 Å². The lowest BCUT2D eigenvalue weighted by Gasteiger charge is -2.21. The molecule has 1 aliphatic carbocycles. The van der Waals surface area contributed by atoms with Crippen LogP contribution in [0.5, 0.6) is 0 Å². The van der Waals surface area contributed by atoms with E-state index in [1.165, 1.54) is 57.8 Å². The van der Waals surface area contributed by atoms with Gasteiger partial charge in [0.1, 0.15) is 0 Å². The summed E-state index contributed by atoms with van der Waals surface area (Å²) in [7, 11) is 0. The molecule has 13 heavy (non-hydrogen) atoms. The average molecular weight is 183 g/mol. The lowest BCUT2D eigenvalue weighted by Crippen LogP contribution is -2.14. The Balaban J connectivity index is 1.92. The Hall–Kier alpha value is -0.0400. The zero-order valence-electron chi connectivity index (χ0n) is 9.10. The van der Waals surface area contributed by atoms with Gasteiger partial charge in [-0.15, -0.1) is 0 Å². The number of hydrogen-bond acceptors (Lipinski definition) is 1. The fourth-order valence-electron chi connectivity index (χ4n) is 2.38. The Morgan fingerprint density at radius 1 is 1.15 bits per heavy atom. The molecule has 1 heteroatoms. The second-order valence-electron chi connectivity index (χ2n) is 4.77. The van der Waals surface area contributed by atoms with Crippen LogP contribution in [0.3, 0.4) is 0 Å². The van der Waals surface area contributed by atoms with Gasteiger partial charge in [-0.25, -0.2) is 0 Å². The fraction of sp³-hybridized carbons (Fsp3) is 1.00. The maximum atomic E-state index is 5.71. The third-order valence-corrected chi connectivity index (χ3v) is 3.25. The third kappa shape index (κ3) is 5.30. The van der Waals surface area contributed by atoms with Gasteiger partial charge in [0.15, 0.2) is 0 Å². The lowest BCUT2D eigenvalue weighted by atomic mass is 9.85. The van der Waals surface area contributed by atoms with Gasteiger partial charge in [0, 0.05) is 6.04 Å². The highest BCUT2D eigenvalue weighted by molar-refractivity contribution is 4.66. The molecule has 0 aromatic rings. The third-order valence-electron chi connectivity index (χ3n) is 3.25. The van der Waals surface area contributed by atoms with Crippen molar-refractivity contribution in [3.05, 3.63) is 0 Å². The van der Waals surface area contributed by atoms with E-state index in [4.69, 9.17) is 5.73 Å². The molecular formula is C12H25N. The second kappa shape index (κ2) is 6.42. The van der Waals surface area contributed by atoms with Gasteiger partial charge in [-0.3, -0.25) is 0 Å². The van der Waals surface area contributed by atoms with E-state index in [0.29, 0.717) is 6.04 Å². The lowest BCUT2D eigenvalue weighted by molar-refractivity contribution is 0.327. The minimum atomic E-state index is 0.409. The van der Waals surface area contributed by atoms with E-state index >= 15 is 0 Å². The molecule has 1 aliphatic rings. The van der Waals surface area contributed by atoms with Crippen molar-refractivity contribution in [3.8, 4) is 0 Å². The summed E-state index contributed by atoms with van der Waals surface area (Å²) >= 11 is 0. The van der Waals surface area contributed by atoms with Crippen LogP contribution in [-0.4, -0.2) is 6.04 Å². The van der Waals surface area contributed by atoms with E-state index in [9.17, 15) is 0 Å². The Morgan fingerprint density at radius 2 is 1.85 bits per heavy atom. The Bertz CT molecular complexity index is 114. The summed E-state index contributed by atoms with van der Waals surface area (Å²) in [5, 5.41) is 0. The fourth-order valence-corrected chi connectivity index (χ4v) is 2.38. The number of hydrogen-bond donors (Lipinski definition) is 1. The highest BCUT2D eigenvalue weighted by atomic mass is 14.6. The summed E-state index contributed by atoms with van der Waals surface area (Å²) in [5.74, 6) is 1.06. The SMILES string of the molecule is CC(N)CCCCC1CCCCC1. The molecule has 1 nitrogen and oxygen atoms in total. The molecule has 0 heterocycles. The highest BCUT2D eigenvalue weighted by Gasteiger charge is 2.12. The predicted octanol–water partition coefficient (Wildman–Crippen LogP) is 3.47. The molecule has 1 unspecified atom stereocenters. The Labute approximate surface area is 83.1 Å². The number of rotatable bonds is 5. The monoisotopic (exact) mass is 183 g/mol. The zero-order chi connectivity index (χ0) is 9.52. The van der Waals surface area contributed by atoms with Crippen LogP contribution in [0.25, 0.3) is 0 Å². The number of unbranched alkanes of at least 4 members (excludes halogenated alkanes) is 1. The predicted molar refractivity (Wildman–Crippen MR) is 58.7 cm³/mol. The summed E-state index contributed by atoms with van der Waals surface area (Å²) in [6.45, 7) is 2.11. The van der Waals surface area contributed by atoms with Crippen molar-refractivity contribution in [1.82, 2.24) is 0 Å². The highest BCUT2D eigenvalue weighted by Crippen LogP contribution is 2.27. The Kier molecular flexibility index (Phi) is 5.45. The van der Waals surface area contributed by atoms with Crippen LogP contribution in [-0.2, 0) is 0 Å². The Morgan fingerprint density at radius 3 is 2.46 bits per heavy atom. The van der Waals surface area contributed by atoms with Crippen molar-refractivity contribution in [2.45, 2.75) is 70.8 Å². The zero-order valence-corrected chi connectivity index (χ0v) is 9.10. The van der Waals surface area contributed by atoms with E-state index in [1.807, 2.05) is 0 Å². The van der Waals surface area contributed by atoms with E-state index < -0.39 is 0 Å². The van der Waals surface area contributed by atoms with Crippen molar-refractivity contribution in [2.24, 2.45) is 11.7 Å². The molecule has 1 atom stereocenters. The molecular weight excluding hydrogens is 158 g/mol. The molecule has 1 fully saturated rings. The summed E-state index contributed by atoms with van der Waals surface area (Å²) in [4.78, 5) is 0. The van der Waals surface area contributed by atoms with Gasteiger partial charge >= 0.3 is 0 Å². The van der Waals surface area contributed by atoms with Gasteiger partial charge in [0.25, 0.3) is 0 Å². The summed E-state index contributed by atoms with van der Waals surface area (Å²) < 4.78 is 0. The van der Waals surface area contributed by atoms with E-state index in [0.717, 1.165) is 5.92 Å². The molecule has 0 amide bonds. The van der Waals surface area contributed by atoms with Crippen molar-refractivity contribution >= 4 is 0 Å². The topological polar surface area (TPSA) is 26.0 Å². The second-order valence-corrected chi connectivity index (χ2v) is 4.77. The quantitative estimate of drug-likeness (QED) is 0.649. The van der Waals surface area contributed by atoms with Crippen LogP contribution < -0.4 is 5.73 Å². The summed E-state index contributed by atoms with van der Waals surface area (Å²) in [6, 6.07) is 0.409. The van der Waals surface area contributed by atoms with Gasteiger partial charge in [-0.2, -0.15) is 0 Å². The molecule has 0 aromatic heterocycles. The van der Waals surface area contributed by atoms with E-state index in [1.54, 1.807) is 0 Å². The van der Waals surface area contributed by atoms with Crippen LogP contribution in [0.1, 0.15) is 64.7 Å². The summed E-state index contributed by atoms with van der Waals surface area (Å²) in [5.41, 5.74) is 5.71. The molecule has 0 aliphatic heterocycles. The van der Waals surface area contributed by atoms with Gasteiger partial charge < -0.3 is 5.73 Å². The van der Waals surface area contributed by atoms with Crippen LogP contribution in [0.15, 0.2) is 0 Å². The first-order valence-electron chi connectivity index (χ1n) is 6.04. The van der Waals surface area contributed by atoms with Crippen molar-refractivity contribution in [1.29, 1.82) is 0 Å². The average Bonchev–Trinajstić information content (AvgIpc) is 2.14. The van der Waals surface area contributed by atoms with E-state index in [2.05, 4.69) is 6.92 Å². The molecule has 1 rings (SSSR count). The summed E-state index contributed by atoms with van der Waals surface area (Å²) in [6.07, 6.45) is 12.9.